The van der Waals surface area contributed by atoms with E-state index in [1.54, 1.807) is 20.8 Å². The summed E-state index contributed by atoms with van der Waals surface area (Å²) in [6, 6.07) is -1.01. The molecule has 0 saturated carbocycles. The number of carbonyl (C=O) groups is 9. The van der Waals surface area contributed by atoms with E-state index in [0.717, 1.165) is 64.2 Å². The average Bonchev–Trinajstić information content (AvgIpc) is 0.892. The summed E-state index contributed by atoms with van der Waals surface area (Å²) in [5.74, 6) is -5.74. The van der Waals surface area contributed by atoms with Crippen molar-refractivity contribution >= 4 is 53.4 Å². The normalized spacial score (nSPS) is 13.5. The highest BCUT2D eigenvalue weighted by atomic mass is 16.5. The predicted octanol–water partition coefficient (Wildman–Crippen LogP) is 20.1. The van der Waals surface area contributed by atoms with Crippen LogP contribution in [0.25, 0.3) is 0 Å². The van der Waals surface area contributed by atoms with Gasteiger partial charge in [0.2, 0.25) is 0 Å². The highest BCUT2D eigenvalue weighted by Gasteiger charge is 2.29. The molecule has 0 bridgehead atoms. The number of carboxylic acids is 2. The molecule has 0 aliphatic carbocycles. The summed E-state index contributed by atoms with van der Waals surface area (Å²) in [4.78, 5) is 102. The van der Waals surface area contributed by atoms with Gasteiger partial charge < -0.3 is 50.5 Å². The number of aliphatic carboxylic acids is 2. The Morgan fingerprint density at radius 2 is 0.667 bits per heavy atom. The Balaban J connectivity index is -0.000000123. The first-order chi connectivity index (χ1) is 44.5. The number of nitrogens with two attached hydrogens (primary N) is 2. The zero-order chi connectivity index (χ0) is 79.7. The molecular formula is C83H170N2O17. The van der Waals surface area contributed by atoms with Gasteiger partial charge in [-0.3, -0.25) is 43.2 Å². The van der Waals surface area contributed by atoms with Crippen molar-refractivity contribution in [3.8, 4) is 0 Å². The standard InChI is InChI=1S/C17H30O5.C15H26O5.C12H25NO2.C11H22O2.C10H21NO2.C8H18.C7H16O.3CH4/c1-12(15(19)20)7-8-14(18)11-13(2)16(21)22-10-6-9-17(3,4)5;1-10(13(17)18)8-12(16)9-11(2)14(19)20-7-6-15(3,4)5;1-9(2)10(13)11(14)15-8-6-7-12(3,4)5;1-9(2)10(12)13-8-6-7-11(3,4)5;1-5-6-7-13-9(12)8(11)10(2,3)4;1-5-6-7-8(2,3)4;1-6(8)5-7(2,3)4;;;/h12-13H,6-11H2,1-5H3,(H,19,20);10-11H,6-9H2,1-5H3,(H,17,18);9-10H,6-8,13H2,1-5H3;9H,6-8H2,1-5H3;8H,5-7,11H2,1-4H3;5-7H2,1-4H3;6,8H,5H2,1-4H3;3*1H4. The summed E-state index contributed by atoms with van der Waals surface area (Å²) in [5.41, 5.74) is 12.9. The first kappa shape index (κ1) is 119. The van der Waals surface area contributed by atoms with E-state index in [9.17, 15) is 43.2 Å². The largest absolute Gasteiger partial charge is 0.481 e. The molecule has 19 nitrogen and oxygen atoms in total. The summed E-state index contributed by atoms with van der Waals surface area (Å²) in [5, 5.41) is 26.4. The van der Waals surface area contributed by atoms with E-state index in [4.69, 9.17) is 50.5 Å². The maximum absolute atomic E-state index is 11.8. The van der Waals surface area contributed by atoms with Crippen molar-refractivity contribution in [1.29, 1.82) is 0 Å². The highest BCUT2D eigenvalue weighted by molar-refractivity contribution is 5.87. The molecule has 0 aliphatic heterocycles. The molecule has 0 heterocycles. The topological polar surface area (TPSA) is 313 Å². The molecule has 0 aromatic carbocycles. The van der Waals surface area contributed by atoms with Gasteiger partial charge in [-0.25, -0.2) is 0 Å². The van der Waals surface area contributed by atoms with Crippen LogP contribution in [-0.2, 0) is 66.8 Å². The van der Waals surface area contributed by atoms with Crippen molar-refractivity contribution in [3.63, 3.8) is 0 Å². The van der Waals surface area contributed by atoms with Gasteiger partial charge in [-0.1, -0.05) is 256 Å². The number of unbranched alkanes of at least 4 members (excludes halogenated alkanes) is 2. The van der Waals surface area contributed by atoms with E-state index in [1.165, 1.54) is 26.2 Å². The second kappa shape index (κ2) is 61.6. The zero-order valence-electron chi connectivity index (χ0n) is 69.7. The van der Waals surface area contributed by atoms with Crippen LogP contribution in [0, 0.1) is 73.4 Å². The number of aliphatic hydroxyl groups excluding tert-OH is 1. The molecule has 7 unspecified atom stereocenters. The molecule has 0 aromatic heterocycles. The summed E-state index contributed by atoms with van der Waals surface area (Å²) in [6.45, 7) is 67.0. The summed E-state index contributed by atoms with van der Waals surface area (Å²) >= 11 is 0. The molecule has 19 heteroatoms. The Hall–Kier alpha value is -4.49. The Labute approximate surface area is 628 Å². The number of carboxylic acid groups (broad SMARTS) is 2. The minimum Gasteiger partial charge on any atom is -0.481 e. The molecule has 0 aromatic rings. The smallest absolute Gasteiger partial charge is 0.323 e. The molecule has 7 atom stereocenters. The maximum atomic E-state index is 11.8. The molecule has 0 saturated heterocycles. The lowest BCUT2D eigenvalue weighted by Crippen LogP contribution is -2.43. The van der Waals surface area contributed by atoms with Crippen molar-refractivity contribution in [1.82, 2.24) is 0 Å². The van der Waals surface area contributed by atoms with Crippen molar-refractivity contribution < 1.29 is 82.2 Å². The third-order valence-electron chi connectivity index (χ3n) is 14.7. The second-order valence-corrected chi connectivity index (χ2v) is 36.0. The molecule has 102 heavy (non-hydrogen) atoms. The van der Waals surface area contributed by atoms with Crippen molar-refractivity contribution in [2.75, 3.05) is 33.0 Å². The minimum absolute atomic E-state index is 0. The van der Waals surface area contributed by atoms with Crippen LogP contribution in [0.5, 0.6) is 0 Å². The van der Waals surface area contributed by atoms with Gasteiger partial charge in [0, 0.05) is 25.7 Å². The van der Waals surface area contributed by atoms with Gasteiger partial charge in [-0.2, -0.15) is 0 Å². The fourth-order valence-corrected chi connectivity index (χ4v) is 7.92. The van der Waals surface area contributed by atoms with Crippen molar-refractivity contribution in [2.45, 2.75) is 378 Å². The number of hydrogen-bond acceptors (Lipinski definition) is 17. The molecule has 0 rings (SSSR count). The Bertz CT molecular complexity index is 2160. The van der Waals surface area contributed by atoms with Gasteiger partial charge in [0.1, 0.15) is 23.7 Å². The molecule has 0 spiro atoms. The zero-order valence-corrected chi connectivity index (χ0v) is 69.7. The van der Waals surface area contributed by atoms with Gasteiger partial charge in [0.05, 0.1) is 68.7 Å². The molecule has 0 radical (unpaired) electrons. The summed E-state index contributed by atoms with van der Waals surface area (Å²) < 4.78 is 25.5. The Morgan fingerprint density at radius 1 is 0.363 bits per heavy atom. The van der Waals surface area contributed by atoms with Gasteiger partial charge in [0.15, 0.2) is 0 Å². The molecule has 614 valence electrons. The van der Waals surface area contributed by atoms with Crippen LogP contribution in [0.1, 0.15) is 359 Å². The van der Waals surface area contributed by atoms with Crippen molar-refractivity contribution in [3.05, 3.63) is 0 Å². The number of ketones is 2. The van der Waals surface area contributed by atoms with Gasteiger partial charge in [-0.15, -0.1) is 0 Å². The summed E-state index contributed by atoms with van der Waals surface area (Å²) in [6.07, 6.45) is 13.9. The van der Waals surface area contributed by atoms with Crippen LogP contribution >= 0.6 is 0 Å². The number of esters is 5. The molecule has 0 aliphatic rings. The van der Waals surface area contributed by atoms with Crippen LogP contribution in [-0.4, -0.2) is 120 Å². The average molecular weight is 1470 g/mol. The number of Topliss-reactive ketones (excluding diaryl/α,β-unsaturated/α-hetero) is 2. The lowest BCUT2D eigenvalue weighted by atomic mass is 9.87. The fraction of sp³-hybridized carbons (Fsp3) is 0.892. The van der Waals surface area contributed by atoms with Gasteiger partial charge in [0.25, 0.3) is 0 Å². The van der Waals surface area contributed by atoms with Crippen LogP contribution < -0.4 is 11.5 Å². The molecule has 7 N–H and O–H groups in total. The molecular weight excluding hydrogens is 1300 g/mol. The quantitative estimate of drug-likeness (QED) is 0.0227. The van der Waals surface area contributed by atoms with Crippen molar-refractivity contribution in [2.24, 2.45) is 84.9 Å². The van der Waals surface area contributed by atoms with E-state index in [0.29, 0.717) is 55.7 Å². The maximum Gasteiger partial charge on any atom is 0.323 e. The van der Waals surface area contributed by atoms with E-state index in [-0.39, 0.29) is 123 Å². The van der Waals surface area contributed by atoms with Gasteiger partial charge in [-0.05, 0) is 121 Å². The lowest BCUT2D eigenvalue weighted by molar-refractivity contribution is -0.150. The first-order valence-corrected chi connectivity index (χ1v) is 37.0. The minimum atomic E-state index is -1.00. The molecule has 0 amide bonds. The van der Waals surface area contributed by atoms with Gasteiger partial charge >= 0.3 is 41.8 Å². The van der Waals surface area contributed by atoms with Crippen LogP contribution in [0.3, 0.4) is 0 Å². The van der Waals surface area contributed by atoms with E-state index in [1.807, 2.05) is 55.4 Å². The lowest BCUT2D eigenvalue weighted by Gasteiger charge is -2.24. The monoisotopic (exact) mass is 1470 g/mol. The molecule has 0 fully saturated rings. The number of aliphatic hydroxyl groups is 1. The number of ether oxygens (including phenoxy) is 5. The van der Waals surface area contributed by atoms with Crippen LogP contribution in [0.2, 0.25) is 0 Å². The number of hydrogen-bond donors (Lipinski definition) is 5. The predicted molar refractivity (Wildman–Crippen MR) is 425 cm³/mol. The van der Waals surface area contributed by atoms with E-state index >= 15 is 0 Å². The highest BCUT2D eigenvalue weighted by Crippen LogP contribution is 2.25. The third-order valence-corrected chi connectivity index (χ3v) is 14.7. The summed E-state index contributed by atoms with van der Waals surface area (Å²) in [7, 11) is 0. The Morgan fingerprint density at radius 3 is 0.951 bits per heavy atom. The Kier molecular flexibility index (Phi) is 71.7. The van der Waals surface area contributed by atoms with Crippen LogP contribution in [0.4, 0.5) is 0 Å². The van der Waals surface area contributed by atoms with Crippen LogP contribution in [0.15, 0.2) is 0 Å². The first-order valence-electron chi connectivity index (χ1n) is 37.0. The number of carbonyl (C=O) groups excluding carboxylic acids is 7. The number of rotatable bonds is 34. The van der Waals surface area contributed by atoms with E-state index < -0.39 is 53.7 Å². The third kappa shape index (κ3) is 91.6. The van der Waals surface area contributed by atoms with E-state index in [2.05, 4.69) is 138 Å². The fourth-order valence-electron chi connectivity index (χ4n) is 7.92. The second-order valence-electron chi connectivity index (χ2n) is 36.0. The SMILES string of the molecule is C.C.C.CC(C)C(=O)OCCCC(C)(C)C.CC(C)C(N)C(=O)OCCCC(C)(C)C.CC(CC(=O)CC(C)C(=O)OCCC(C)(C)C)C(=O)O.CC(CCC(=O)CC(C)C(=O)OCCCC(C)(C)C)C(=O)O.CC(O)CC(C)(C)C.CCCCC(C)(C)C.CCCCOC(=O)C(N)C(C)(C)C.